The molecule has 0 aromatic carbocycles. The van der Waals surface area contributed by atoms with Gasteiger partial charge in [0.2, 0.25) is 0 Å². The van der Waals surface area contributed by atoms with Crippen molar-refractivity contribution in [3.8, 4) is 0 Å². The number of ether oxygens (including phenoxy) is 2. The van der Waals surface area contributed by atoms with Crippen molar-refractivity contribution in [3.63, 3.8) is 0 Å². The van der Waals surface area contributed by atoms with Crippen LogP contribution in [0, 0.1) is 0 Å². The number of amides is 1. The van der Waals surface area contributed by atoms with Crippen LogP contribution < -0.4 is 5.32 Å². The SMILES string of the molecule is COC(=O)C(CCCCCCCC(C)=O)NC(=O)OC(C)(C)C. The fourth-order valence-electron chi connectivity index (χ4n) is 2.09. The molecule has 0 saturated heterocycles. The number of esters is 1. The second-order valence-corrected chi connectivity index (χ2v) is 6.73. The highest BCUT2D eigenvalue weighted by Crippen LogP contribution is 2.11. The molecule has 0 aromatic heterocycles. The fourth-order valence-corrected chi connectivity index (χ4v) is 2.09. The van der Waals surface area contributed by atoms with Crippen LogP contribution in [0.2, 0.25) is 0 Å². The molecule has 1 atom stereocenters. The number of hydrogen-bond acceptors (Lipinski definition) is 5. The predicted molar refractivity (Wildman–Crippen MR) is 88.2 cm³/mol. The summed E-state index contributed by atoms with van der Waals surface area (Å²) in [5.74, 6) is -0.246. The lowest BCUT2D eigenvalue weighted by atomic mass is 10.0. The van der Waals surface area contributed by atoms with Gasteiger partial charge in [0, 0.05) is 6.42 Å². The molecule has 1 unspecified atom stereocenters. The maximum Gasteiger partial charge on any atom is 0.408 e. The van der Waals surface area contributed by atoms with E-state index in [4.69, 9.17) is 9.47 Å². The van der Waals surface area contributed by atoms with Crippen molar-refractivity contribution < 1.29 is 23.9 Å². The molecule has 0 aliphatic heterocycles. The summed E-state index contributed by atoms with van der Waals surface area (Å²) >= 11 is 0. The summed E-state index contributed by atoms with van der Waals surface area (Å²) < 4.78 is 9.87. The van der Waals surface area contributed by atoms with Crippen LogP contribution in [0.3, 0.4) is 0 Å². The van der Waals surface area contributed by atoms with Crippen molar-refractivity contribution in [2.75, 3.05) is 7.11 Å². The lowest BCUT2D eigenvalue weighted by Crippen LogP contribution is -2.44. The van der Waals surface area contributed by atoms with E-state index in [2.05, 4.69) is 5.32 Å². The summed E-state index contributed by atoms with van der Waals surface area (Å²) in [4.78, 5) is 34.3. The molecule has 0 fully saturated rings. The Morgan fingerprint density at radius 2 is 1.57 bits per heavy atom. The zero-order valence-electron chi connectivity index (χ0n) is 15.1. The summed E-state index contributed by atoms with van der Waals surface area (Å²) in [6.07, 6.45) is 5.19. The van der Waals surface area contributed by atoms with Crippen LogP contribution in [-0.2, 0) is 19.1 Å². The topological polar surface area (TPSA) is 81.7 Å². The molecule has 0 aromatic rings. The molecule has 6 heteroatoms. The van der Waals surface area contributed by atoms with Crippen molar-refractivity contribution in [1.82, 2.24) is 5.32 Å². The summed E-state index contributed by atoms with van der Waals surface area (Å²) in [6, 6.07) is -0.688. The van der Waals surface area contributed by atoms with Crippen LogP contribution >= 0.6 is 0 Å². The van der Waals surface area contributed by atoms with E-state index in [0.29, 0.717) is 12.8 Å². The Morgan fingerprint density at radius 1 is 1.00 bits per heavy atom. The van der Waals surface area contributed by atoms with Gasteiger partial charge >= 0.3 is 12.1 Å². The van der Waals surface area contributed by atoms with E-state index in [1.807, 2.05) is 0 Å². The maximum absolute atomic E-state index is 11.8. The third kappa shape index (κ3) is 12.6. The fraction of sp³-hybridized carbons (Fsp3) is 0.824. The van der Waals surface area contributed by atoms with Crippen molar-refractivity contribution in [2.24, 2.45) is 0 Å². The minimum atomic E-state index is -0.688. The Labute approximate surface area is 139 Å². The van der Waals surface area contributed by atoms with Crippen molar-refractivity contribution in [1.29, 1.82) is 0 Å². The highest BCUT2D eigenvalue weighted by molar-refractivity contribution is 5.81. The predicted octanol–water partition coefficient (Wildman–Crippen LogP) is 3.37. The molecule has 23 heavy (non-hydrogen) atoms. The molecule has 1 N–H and O–H groups in total. The molecule has 0 rings (SSSR count). The highest BCUT2D eigenvalue weighted by Gasteiger charge is 2.24. The van der Waals surface area contributed by atoms with Crippen LogP contribution in [0.25, 0.3) is 0 Å². The summed E-state index contributed by atoms with van der Waals surface area (Å²) in [7, 11) is 1.30. The number of ketones is 1. The number of nitrogens with one attached hydrogen (secondary N) is 1. The zero-order valence-corrected chi connectivity index (χ0v) is 15.1. The summed E-state index contributed by atoms with van der Waals surface area (Å²) in [5, 5.41) is 2.56. The van der Waals surface area contributed by atoms with E-state index in [-0.39, 0.29) is 5.78 Å². The smallest absolute Gasteiger partial charge is 0.408 e. The molecular weight excluding hydrogens is 298 g/mol. The Morgan fingerprint density at radius 3 is 2.09 bits per heavy atom. The minimum absolute atomic E-state index is 0.220. The third-order valence-corrected chi connectivity index (χ3v) is 3.20. The number of hydrogen-bond donors (Lipinski definition) is 1. The van der Waals surface area contributed by atoms with Gasteiger partial charge in [-0.25, -0.2) is 9.59 Å². The van der Waals surface area contributed by atoms with Gasteiger partial charge in [0.15, 0.2) is 0 Å². The Kier molecular flexibility index (Phi) is 10.3. The van der Waals surface area contributed by atoms with Crippen LogP contribution in [0.15, 0.2) is 0 Å². The number of Topliss-reactive ketones (excluding diaryl/α,β-unsaturated/α-hetero) is 1. The lowest BCUT2D eigenvalue weighted by molar-refractivity contribution is -0.143. The monoisotopic (exact) mass is 329 g/mol. The second kappa shape index (κ2) is 11.0. The standard InChI is InChI=1S/C17H31NO5/c1-13(19)11-9-7-6-8-10-12-14(15(20)22-5)18-16(21)23-17(2,3)4/h14H,6-12H2,1-5H3,(H,18,21). The number of alkyl carbamates (subject to hydrolysis) is 1. The Balaban J connectivity index is 4.09. The first-order chi connectivity index (χ1) is 10.7. The molecule has 0 radical (unpaired) electrons. The average molecular weight is 329 g/mol. The third-order valence-electron chi connectivity index (χ3n) is 3.20. The van der Waals surface area contributed by atoms with Crippen LogP contribution in [0.5, 0.6) is 0 Å². The van der Waals surface area contributed by atoms with E-state index >= 15 is 0 Å². The first-order valence-electron chi connectivity index (χ1n) is 8.22. The number of carbonyl (C=O) groups is 3. The first-order valence-corrected chi connectivity index (χ1v) is 8.22. The Bertz CT molecular complexity index is 387. The second-order valence-electron chi connectivity index (χ2n) is 6.73. The number of methoxy groups -OCH3 is 1. The average Bonchev–Trinajstić information content (AvgIpc) is 2.41. The van der Waals surface area contributed by atoms with Gasteiger partial charge in [0.1, 0.15) is 17.4 Å². The molecule has 0 aliphatic rings. The lowest BCUT2D eigenvalue weighted by Gasteiger charge is -2.22. The zero-order chi connectivity index (χ0) is 17.9. The number of rotatable bonds is 10. The highest BCUT2D eigenvalue weighted by atomic mass is 16.6. The Hall–Kier alpha value is -1.59. The quantitative estimate of drug-likeness (QED) is 0.491. The van der Waals surface area contributed by atoms with Crippen LogP contribution in [0.4, 0.5) is 4.79 Å². The van der Waals surface area contributed by atoms with E-state index in [9.17, 15) is 14.4 Å². The van der Waals surface area contributed by atoms with Gasteiger partial charge in [-0.2, -0.15) is 0 Å². The number of carbonyl (C=O) groups excluding carboxylic acids is 3. The molecule has 0 bridgehead atoms. The van der Waals surface area contributed by atoms with Gasteiger partial charge in [0.25, 0.3) is 0 Å². The molecule has 1 amide bonds. The molecule has 0 spiro atoms. The van der Waals surface area contributed by atoms with Gasteiger partial charge in [-0.05, 0) is 40.5 Å². The molecular formula is C17H31NO5. The van der Waals surface area contributed by atoms with E-state index < -0.39 is 23.7 Å². The van der Waals surface area contributed by atoms with Gasteiger partial charge in [-0.15, -0.1) is 0 Å². The van der Waals surface area contributed by atoms with Crippen molar-refractivity contribution in [3.05, 3.63) is 0 Å². The van der Waals surface area contributed by atoms with E-state index in [1.54, 1.807) is 27.7 Å². The molecule has 0 saturated carbocycles. The first kappa shape index (κ1) is 21.4. The number of unbranched alkanes of at least 4 members (excludes halogenated alkanes) is 4. The van der Waals surface area contributed by atoms with Crippen LogP contribution in [0.1, 0.15) is 72.6 Å². The van der Waals surface area contributed by atoms with Gasteiger partial charge in [-0.1, -0.05) is 25.7 Å². The van der Waals surface area contributed by atoms with Crippen molar-refractivity contribution in [2.45, 2.75) is 84.3 Å². The molecule has 134 valence electrons. The summed E-state index contributed by atoms with van der Waals surface area (Å²) in [5.41, 5.74) is -0.610. The van der Waals surface area contributed by atoms with E-state index in [1.165, 1.54) is 7.11 Å². The minimum Gasteiger partial charge on any atom is -0.467 e. The normalized spacial score (nSPS) is 12.4. The van der Waals surface area contributed by atoms with E-state index in [0.717, 1.165) is 32.1 Å². The molecule has 6 nitrogen and oxygen atoms in total. The van der Waals surface area contributed by atoms with Crippen LogP contribution in [-0.4, -0.2) is 36.6 Å². The summed E-state index contributed by atoms with van der Waals surface area (Å²) in [6.45, 7) is 6.89. The molecule has 0 heterocycles. The van der Waals surface area contributed by atoms with Crippen molar-refractivity contribution >= 4 is 17.8 Å². The maximum atomic E-state index is 11.8. The van der Waals surface area contributed by atoms with Gasteiger partial charge in [0.05, 0.1) is 7.11 Å². The molecule has 0 aliphatic carbocycles. The largest absolute Gasteiger partial charge is 0.467 e. The van der Waals surface area contributed by atoms with Gasteiger partial charge in [-0.3, -0.25) is 0 Å². The van der Waals surface area contributed by atoms with Gasteiger partial charge < -0.3 is 19.6 Å².